The molecule has 3 rings (SSSR count). The molecule has 0 spiro atoms. The first-order valence-electron chi connectivity index (χ1n) is 7.47. The normalized spacial score (nSPS) is 13.5. The molecule has 5 heteroatoms. The molecule has 0 bridgehead atoms. The molecule has 4 nitrogen and oxygen atoms in total. The van der Waals surface area contributed by atoms with E-state index in [1.807, 2.05) is 38.2 Å². The van der Waals surface area contributed by atoms with E-state index in [0.717, 1.165) is 12.2 Å². The maximum atomic E-state index is 5.65. The third-order valence-corrected chi connectivity index (χ3v) is 4.64. The number of aromatic nitrogens is 2. The third kappa shape index (κ3) is 3.53. The lowest BCUT2D eigenvalue weighted by Crippen LogP contribution is -2.10. The highest BCUT2D eigenvalue weighted by Gasteiger charge is 2.14. The largest absolute Gasteiger partial charge is 0.475 e. The number of fused-ring (bicyclic) bond motifs is 1. The van der Waals surface area contributed by atoms with Crippen molar-refractivity contribution in [2.75, 3.05) is 5.32 Å². The summed E-state index contributed by atoms with van der Waals surface area (Å²) in [6.07, 6.45) is 3.91. The molecule has 0 saturated carbocycles. The smallest absolute Gasteiger partial charge is 0.226 e. The first-order chi connectivity index (χ1) is 10.1. The molecule has 0 atom stereocenters. The van der Waals surface area contributed by atoms with Crippen LogP contribution in [0, 0.1) is 6.92 Å². The fourth-order valence-corrected chi connectivity index (χ4v) is 3.77. The zero-order valence-electron chi connectivity index (χ0n) is 12.8. The van der Waals surface area contributed by atoms with Crippen LogP contribution >= 0.6 is 11.3 Å². The van der Waals surface area contributed by atoms with Gasteiger partial charge in [-0.1, -0.05) is 0 Å². The minimum Gasteiger partial charge on any atom is -0.475 e. The lowest BCUT2D eigenvalue weighted by Gasteiger charge is -2.11. The van der Waals surface area contributed by atoms with Crippen molar-refractivity contribution in [1.82, 2.24) is 9.97 Å². The summed E-state index contributed by atoms with van der Waals surface area (Å²) < 4.78 is 5.65. The van der Waals surface area contributed by atoms with Gasteiger partial charge in [0.1, 0.15) is 0 Å². The molecule has 0 saturated heterocycles. The molecule has 1 N–H and O–H groups in total. The van der Waals surface area contributed by atoms with Gasteiger partial charge in [-0.3, -0.25) is 0 Å². The van der Waals surface area contributed by atoms with Crippen molar-refractivity contribution in [2.45, 2.75) is 52.7 Å². The van der Waals surface area contributed by atoms with E-state index in [1.165, 1.54) is 29.7 Å². The first-order valence-corrected chi connectivity index (χ1v) is 8.28. The van der Waals surface area contributed by atoms with Gasteiger partial charge in [-0.2, -0.15) is 4.98 Å². The van der Waals surface area contributed by atoms with E-state index in [-0.39, 0.29) is 6.10 Å². The van der Waals surface area contributed by atoms with Gasteiger partial charge in [0.05, 0.1) is 12.6 Å². The van der Waals surface area contributed by atoms with Gasteiger partial charge in [-0.25, -0.2) is 4.98 Å². The molecule has 21 heavy (non-hydrogen) atoms. The van der Waals surface area contributed by atoms with E-state index in [9.17, 15) is 0 Å². The average Bonchev–Trinajstić information content (AvgIpc) is 2.95. The molecule has 0 amide bonds. The Labute approximate surface area is 129 Å². The standard InChI is InChI=1S/C16H21N3OS/c1-10(2)20-15-7-11(3)18-16(19-15)17-9-13-8-12-5-4-6-14(12)21-13/h7-8,10H,4-6,9H2,1-3H3,(H,17,18,19). The lowest BCUT2D eigenvalue weighted by atomic mass is 10.2. The van der Waals surface area contributed by atoms with Crippen molar-refractivity contribution >= 4 is 17.3 Å². The highest BCUT2D eigenvalue weighted by Crippen LogP contribution is 2.30. The van der Waals surface area contributed by atoms with Crippen LogP contribution < -0.4 is 10.1 Å². The number of anilines is 1. The van der Waals surface area contributed by atoms with Crippen LogP contribution in [0.2, 0.25) is 0 Å². The van der Waals surface area contributed by atoms with Crippen molar-refractivity contribution in [1.29, 1.82) is 0 Å². The topological polar surface area (TPSA) is 47.0 Å². The number of nitrogens with zero attached hydrogens (tertiary/aromatic N) is 2. The van der Waals surface area contributed by atoms with Crippen molar-refractivity contribution < 1.29 is 4.74 Å². The predicted molar refractivity (Wildman–Crippen MR) is 86.2 cm³/mol. The maximum Gasteiger partial charge on any atom is 0.226 e. The summed E-state index contributed by atoms with van der Waals surface area (Å²) in [5.41, 5.74) is 2.45. The maximum absolute atomic E-state index is 5.65. The van der Waals surface area contributed by atoms with Gasteiger partial charge >= 0.3 is 0 Å². The molecule has 0 fully saturated rings. The zero-order chi connectivity index (χ0) is 14.8. The number of hydrogen-bond acceptors (Lipinski definition) is 5. The Morgan fingerprint density at radius 1 is 1.29 bits per heavy atom. The van der Waals surface area contributed by atoms with Crippen LogP contribution in [0.3, 0.4) is 0 Å². The van der Waals surface area contributed by atoms with E-state index < -0.39 is 0 Å². The molecule has 2 heterocycles. The Hall–Kier alpha value is -1.62. The molecular weight excluding hydrogens is 282 g/mol. The highest BCUT2D eigenvalue weighted by molar-refractivity contribution is 7.12. The molecule has 0 radical (unpaired) electrons. The summed E-state index contributed by atoms with van der Waals surface area (Å²) in [7, 11) is 0. The Kier molecular flexibility index (Phi) is 4.10. The summed E-state index contributed by atoms with van der Waals surface area (Å²) in [6, 6.07) is 4.19. The minimum absolute atomic E-state index is 0.118. The molecular formula is C16H21N3OS. The van der Waals surface area contributed by atoms with Gasteiger partial charge in [0, 0.05) is 21.5 Å². The quantitative estimate of drug-likeness (QED) is 0.914. The van der Waals surface area contributed by atoms with E-state index in [1.54, 1.807) is 4.88 Å². The second-order valence-corrected chi connectivity index (χ2v) is 6.93. The highest BCUT2D eigenvalue weighted by atomic mass is 32.1. The number of hydrogen-bond donors (Lipinski definition) is 1. The molecule has 0 aromatic carbocycles. The summed E-state index contributed by atoms with van der Waals surface area (Å²) in [4.78, 5) is 11.7. The van der Waals surface area contributed by atoms with Gasteiger partial charge in [0.15, 0.2) is 0 Å². The minimum atomic E-state index is 0.118. The van der Waals surface area contributed by atoms with Crippen molar-refractivity contribution in [3.8, 4) is 5.88 Å². The molecule has 1 aliphatic rings. The van der Waals surface area contributed by atoms with E-state index in [4.69, 9.17) is 4.74 Å². The van der Waals surface area contributed by atoms with Gasteiger partial charge < -0.3 is 10.1 Å². The van der Waals surface area contributed by atoms with Gasteiger partial charge in [0.25, 0.3) is 0 Å². The molecule has 2 aromatic heterocycles. The first kappa shape index (κ1) is 14.3. The number of rotatable bonds is 5. The second kappa shape index (κ2) is 6.02. The molecule has 0 unspecified atom stereocenters. The average molecular weight is 303 g/mol. The monoisotopic (exact) mass is 303 g/mol. The Morgan fingerprint density at radius 2 is 2.14 bits per heavy atom. The van der Waals surface area contributed by atoms with Gasteiger partial charge in [0.2, 0.25) is 11.8 Å². The summed E-state index contributed by atoms with van der Waals surface area (Å²) >= 11 is 1.91. The van der Waals surface area contributed by atoms with Gasteiger partial charge in [-0.05, 0) is 51.7 Å². The molecule has 0 aliphatic heterocycles. The summed E-state index contributed by atoms with van der Waals surface area (Å²) in [5.74, 6) is 1.27. The van der Waals surface area contributed by atoms with Crippen molar-refractivity contribution in [2.24, 2.45) is 0 Å². The van der Waals surface area contributed by atoms with Crippen LogP contribution in [-0.2, 0) is 19.4 Å². The van der Waals surface area contributed by atoms with Crippen LogP contribution in [0.5, 0.6) is 5.88 Å². The third-order valence-electron chi connectivity index (χ3n) is 3.41. The number of thiophene rings is 1. The second-order valence-electron chi connectivity index (χ2n) is 5.71. The summed E-state index contributed by atoms with van der Waals surface area (Å²) in [5, 5.41) is 3.31. The van der Waals surface area contributed by atoms with Crippen LogP contribution in [0.25, 0.3) is 0 Å². The van der Waals surface area contributed by atoms with Crippen LogP contribution in [-0.4, -0.2) is 16.1 Å². The van der Waals surface area contributed by atoms with Crippen molar-refractivity contribution in [3.63, 3.8) is 0 Å². The molecule has 112 valence electrons. The fraction of sp³-hybridized carbons (Fsp3) is 0.500. The zero-order valence-corrected chi connectivity index (χ0v) is 13.6. The Morgan fingerprint density at radius 3 is 2.90 bits per heavy atom. The fourth-order valence-electron chi connectivity index (χ4n) is 2.56. The Balaban J connectivity index is 1.67. The lowest BCUT2D eigenvalue weighted by molar-refractivity contribution is 0.232. The number of aryl methyl sites for hydroxylation is 3. The van der Waals surface area contributed by atoms with Crippen LogP contribution in [0.4, 0.5) is 5.95 Å². The number of ether oxygens (including phenoxy) is 1. The van der Waals surface area contributed by atoms with E-state index in [2.05, 4.69) is 21.4 Å². The Bertz CT molecular complexity index is 615. The number of nitrogens with one attached hydrogen (secondary N) is 1. The predicted octanol–water partition coefficient (Wildman–Crippen LogP) is 3.73. The summed E-state index contributed by atoms with van der Waals surface area (Å²) in [6.45, 7) is 6.73. The SMILES string of the molecule is Cc1cc(OC(C)C)nc(NCc2cc3c(s2)CCC3)n1. The van der Waals surface area contributed by atoms with Crippen molar-refractivity contribution in [3.05, 3.63) is 33.1 Å². The van der Waals surface area contributed by atoms with Crippen LogP contribution in [0.1, 0.15) is 41.3 Å². The van der Waals surface area contributed by atoms with Crippen LogP contribution in [0.15, 0.2) is 12.1 Å². The van der Waals surface area contributed by atoms with E-state index >= 15 is 0 Å². The molecule has 1 aliphatic carbocycles. The van der Waals surface area contributed by atoms with E-state index in [0.29, 0.717) is 11.8 Å². The molecule has 2 aromatic rings. The van der Waals surface area contributed by atoms with Gasteiger partial charge in [-0.15, -0.1) is 11.3 Å².